The van der Waals surface area contributed by atoms with Crippen molar-refractivity contribution in [2.45, 2.75) is 49.9 Å². The first-order valence-corrected chi connectivity index (χ1v) is 11.2. The summed E-state index contributed by atoms with van der Waals surface area (Å²) in [6.07, 6.45) is -1.77. The van der Waals surface area contributed by atoms with Crippen molar-refractivity contribution >= 4 is 48.3 Å². The number of carbonyl (C=O) groups is 6. The third-order valence-corrected chi connectivity index (χ3v) is 5.19. The molecule has 14 nitrogen and oxygen atoms in total. The number of nitrogens with two attached hydrogens (primary N) is 1. The minimum atomic E-state index is -1.68. The second-order valence-electron chi connectivity index (χ2n) is 7.71. The summed E-state index contributed by atoms with van der Waals surface area (Å²) in [5.41, 5.74) is 6.06. The first-order valence-electron chi connectivity index (χ1n) is 10.6. The molecule has 0 saturated heterocycles. The van der Waals surface area contributed by atoms with E-state index in [2.05, 4.69) is 28.6 Å². The van der Waals surface area contributed by atoms with E-state index in [1.165, 1.54) is 24.3 Å². The third-order valence-electron chi connectivity index (χ3n) is 4.82. The van der Waals surface area contributed by atoms with Crippen LogP contribution in [0, 0.1) is 0 Å². The molecule has 3 amide bonds. The van der Waals surface area contributed by atoms with Gasteiger partial charge < -0.3 is 42.1 Å². The fraction of sp³-hybridized carbons (Fsp3) is 0.429. The normalized spacial score (nSPS) is 13.9. The van der Waals surface area contributed by atoms with E-state index in [1.807, 2.05) is 0 Å². The Morgan fingerprint density at radius 2 is 1.33 bits per heavy atom. The topological polar surface area (TPSA) is 245 Å². The van der Waals surface area contributed by atoms with Crippen molar-refractivity contribution in [3.8, 4) is 5.75 Å². The summed E-state index contributed by atoms with van der Waals surface area (Å²) in [6.45, 7) is 0. The number of nitrogens with one attached hydrogen (secondary N) is 3. The molecule has 0 aromatic heterocycles. The molecule has 0 aliphatic heterocycles. The second-order valence-corrected chi connectivity index (χ2v) is 8.08. The Morgan fingerprint density at radius 3 is 1.83 bits per heavy atom. The second kappa shape index (κ2) is 14.5. The van der Waals surface area contributed by atoms with E-state index in [4.69, 9.17) is 15.9 Å². The number of aliphatic carboxylic acids is 3. The summed E-state index contributed by atoms with van der Waals surface area (Å²) in [6, 6.07) is -0.258. The van der Waals surface area contributed by atoms with Gasteiger partial charge in [-0.1, -0.05) is 12.1 Å². The van der Waals surface area contributed by atoms with Crippen LogP contribution in [-0.2, 0) is 35.2 Å². The monoisotopic (exact) mass is 528 g/mol. The van der Waals surface area contributed by atoms with Gasteiger partial charge in [0, 0.05) is 18.6 Å². The van der Waals surface area contributed by atoms with Crippen LogP contribution < -0.4 is 21.7 Å². The Kier molecular flexibility index (Phi) is 12.2. The predicted octanol–water partition coefficient (Wildman–Crippen LogP) is -1.93. The van der Waals surface area contributed by atoms with Crippen LogP contribution in [0.2, 0.25) is 0 Å². The Bertz CT molecular complexity index is 972. The molecule has 9 N–H and O–H groups in total. The fourth-order valence-corrected chi connectivity index (χ4v) is 3.13. The predicted molar refractivity (Wildman–Crippen MR) is 126 cm³/mol. The highest BCUT2D eigenvalue weighted by atomic mass is 32.1. The zero-order chi connectivity index (χ0) is 27.4. The number of carboxylic acids is 3. The van der Waals surface area contributed by atoms with Gasteiger partial charge in [-0.3, -0.25) is 24.0 Å². The van der Waals surface area contributed by atoms with Gasteiger partial charge in [-0.25, -0.2) is 4.79 Å². The Hall–Kier alpha value is -3.85. The summed E-state index contributed by atoms with van der Waals surface area (Å²) in [5.74, 6) is -7.33. The van der Waals surface area contributed by atoms with Gasteiger partial charge in [0.2, 0.25) is 17.7 Å². The van der Waals surface area contributed by atoms with E-state index in [1.54, 1.807) is 0 Å². The molecular formula is C21H28N4O10S. The van der Waals surface area contributed by atoms with Gasteiger partial charge in [-0.15, -0.1) is 0 Å². The third kappa shape index (κ3) is 10.6. The maximum absolute atomic E-state index is 12.9. The standard InChI is InChI=1S/C21H28N4O10S/c22-12(5-6-16(27)28)18(31)23-14(8-17(29)30)20(33)24-13(7-10-1-3-11(26)4-2-10)19(32)25-15(9-36)21(34)35/h1-4,12-15,26,36H,5-9,22H2,(H,23,31)(H,24,33)(H,25,32)(H,27,28)(H,29,30)(H,34,35). The van der Waals surface area contributed by atoms with E-state index in [0.717, 1.165) is 0 Å². The molecule has 1 rings (SSSR count). The molecule has 198 valence electrons. The molecule has 0 fully saturated rings. The SMILES string of the molecule is NC(CCC(=O)O)C(=O)NC(CC(=O)O)C(=O)NC(Cc1ccc(O)cc1)C(=O)NC(CS)C(=O)O. The molecule has 1 aromatic rings. The quantitative estimate of drug-likeness (QED) is 0.113. The van der Waals surface area contributed by atoms with Gasteiger partial charge in [-0.2, -0.15) is 12.6 Å². The number of phenolic OH excluding ortho intramolecular Hbond substituents is 1. The lowest BCUT2D eigenvalue weighted by Gasteiger charge is -2.24. The fourth-order valence-electron chi connectivity index (χ4n) is 2.88. The zero-order valence-corrected chi connectivity index (χ0v) is 19.8. The lowest BCUT2D eigenvalue weighted by Crippen LogP contribution is -2.58. The van der Waals surface area contributed by atoms with E-state index in [9.17, 15) is 39.0 Å². The number of hydrogen-bond acceptors (Lipinski definition) is 9. The van der Waals surface area contributed by atoms with Gasteiger partial charge in [0.15, 0.2) is 0 Å². The van der Waals surface area contributed by atoms with Gasteiger partial charge in [0.1, 0.15) is 23.9 Å². The maximum Gasteiger partial charge on any atom is 0.327 e. The van der Waals surface area contributed by atoms with Gasteiger partial charge in [0.25, 0.3) is 0 Å². The van der Waals surface area contributed by atoms with Crippen molar-refractivity contribution in [2.75, 3.05) is 5.75 Å². The first kappa shape index (κ1) is 30.2. The number of hydrogen-bond donors (Lipinski definition) is 9. The van der Waals surface area contributed by atoms with Crippen LogP contribution in [0.25, 0.3) is 0 Å². The highest BCUT2D eigenvalue weighted by Gasteiger charge is 2.31. The minimum absolute atomic E-state index is 0.0618. The van der Waals surface area contributed by atoms with E-state index in [0.29, 0.717) is 5.56 Å². The summed E-state index contributed by atoms with van der Waals surface area (Å²) >= 11 is 3.86. The number of phenols is 1. The number of thiol groups is 1. The van der Waals surface area contributed by atoms with Crippen molar-refractivity contribution < 1.29 is 49.2 Å². The minimum Gasteiger partial charge on any atom is -0.508 e. The number of aromatic hydroxyl groups is 1. The van der Waals surface area contributed by atoms with Crippen molar-refractivity contribution in [3.63, 3.8) is 0 Å². The summed E-state index contributed by atoms with van der Waals surface area (Å²) in [4.78, 5) is 71.2. The van der Waals surface area contributed by atoms with Crippen LogP contribution in [0.5, 0.6) is 5.75 Å². The molecule has 4 unspecified atom stereocenters. The summed E-state index contributed by atoms with van der Waals surface area (Å²) < 4.78 is 0. The van der Waals surface area contributed by atoms with Crippen LogP contribution in [0.15, 0.2) is 24.3 Å². The lowest BCUT2D eigenvalue weighted by atomic mass is 10.0. The Balaban J connectivity index is 3.10. The Labute approximate surface area is 210 Å². The number of carbonyl (C=O) groups excluding carboxylic acids is 3. The first-order chi connectivity index (χ1) is 16.8. The smallest absolute Gasteiger partial charge is 0.327 e. The van der Waals surface area contributed by atoms with Crippen molar-refractivity contribution in [1.29, 1.82) is 0 Å². The highest BCUT2D eigenvalue weighted by Crippen LogP contribution is 2.12. The summed E-state index contributed by atoms with van der Waals surface area (Å²) in [5, 5.41) is 43.2. The van der Waals surface area contributed by atoms with E-state index in [-0.39, 0.29) is 24.3 Å². The largest absolute Gasteiger partial charge is 0.508 e. The maximum atomic E-state index is 12.9. The lowest BCUT2D eigenvalue weighted by molar-refractivity contribution is -0.142. The van der Waals surface area contributed by atoms with Crippen LogP contribution in [0.4, 0.5) is 0 Å². The molecule has 0 spiro atoms. The van der Waals surface area contributed by atoms with Crippen LogP contribution in [0.3, 0.4) is 0 Å². The van der Waals surface area contributed by atoms with Crippen LogP contribution >= 0.6 is 12.6 Å². The average Bonchev–Trinajstić information content (AvgIpc) is 2.80. The summed E-state index contributed by atoms with van der Waals surface area (Å²) in [7, 11) is 0. The zero-order valence-electron chi connectivity index (χ0n) is 18.9. The molecule has 0 bridgehead atoms. The van der Waals surface area contributed by atoms with Gasteiger partial charge in [0.05, 0.1) is 12.5 Å². The molecule has 0 aliphatic rings. The van der Waals surface area contributed by atoms with E-state index >= 15 is 0 Å². The van der Waals surface area contributed by atoms with Crippen molar-refractivity contribution in [1.82, 2.24) is 16.0 Å². The van der Waals surface area contributed by atoms with Crippen molar-refractivity contribution in [2.24, 2.45) is 5.73 Å². The molecule has 15 heteroatoms. The molecule has 1 aromatic carbocycles. The number of rotatable bonds is 15. The van der Waals surface area contributed by atoms with Gasteiger partial charge >= 0.3 is 17.9 Å². The van der Waals surface area contributed by atoms with E-state index < -0.39 is 72.6 Å². The molecule has 0 heterocycles. The Morgan fingerprint density at radius 1 is 0.806 bits per heavy atom. The van der Waals surface area contributed by atoms with Crippen molar-refractivity contribution in [3.05, 3.63) is 29.8 Å². The average molecular weight is 529 g/mol. The highest BCUT2D eigenvalue weighted by molar-refractivity contribution is 7.80. The van der Waals surface area contributed by atoms with Crippen LogP contribution in [0.1, 0.15) is 24.8 Å². The number of amides is 3. The molecule has 36 heavy (non-hydrogen) atoms. The molecule has 0 aliphatic carbocycles. The molecule has 0 saturated carbocycles. The molecule has 0 radical (unpaired) electrons. The number of carboxylic acid groups (broad SMARTS) is 3. The number of benzene rings is 1. The van der Waals surface area contributed by atoms with Gasteiger partial charge in [-0.05, 0) is 24.1 Å². The van der Waals surface area contributed by atoms with Crippen LogP contribution in [-0.4, -0.2) is 86.0 Å². The molecule has 4 atom stereocenters. The molecular weight excluding hydrogens is 500 g/mol.